The van der Waals surface area contributed by atoms with Crippen molar-refractivity contribution >= 4 is 50.7 Å². The smallest absolute Gasteiger partial charge is 0.451 e. The molecule has 1 saturated heterocycles. The van der Waals surface area contributed by atoms with Gasteiger partial charge in [0, 0.05) is 29.0 Å². The fourth-order valence-corrected chi connectivity index (χ4v) is 4.29. The third kappa shape index (κ3) is 6.66. The van der Waals surface area contributed by atoms with Gasteiger partial charge in [0.25, 0.3) is 0 Å². The first-order chi connectivity index (χ1) is 17.7. The first-order valence-corrected chi connectivity index (χ1v) is 13.1. The van der Waals surface area contributed by atoms with Gasteiger partial charge in [-0.1, -0.05) is 6.92 Å². The van der Waals surface area contributed by atoms with Crippen LogP contribution in [0.2, 0.25) is 0 Å². The molecule has 4 rings (SSSR count). The second-order valence-corrected chi connectivity index (χ2v) is 13.3. The van der Waals surface area contributed by atoms with Crippen molar-refractivity contribution in [1.29, 1.82) is 0 Å². The Labute approximate surface area is 223 Å². The van der Waals surface area contributed by atoms with E-state index >= 15 is 0 Å². The van der Waals surface area contributed by atoms with E-state index < -0.39 is 29.7 Å². The second kappa shape index (κ2) is 10.8. The number of benzene rings is 1. The van der Waals surface area contributed by atoms with Crippen LogP contribution in [-0.4, -0.2) is 49.6 Å². The lowest BCUT2D eigenvalue weighted by atomic mass is 9.97. The molecule has 3 heterocycles. The van der Waals surface area contributed by atoms with Crippen LogP contribution in [0.1, 0.15) is 19.7 Å². The Morgan fingerprint density at radius 1 is 1.21 bits per heavy atom. The fraction of sp³-hybridized carbons (Fsp3) is 0.348. The summed E-state index contributed by atoms with van der Waals surface area (Å²) < 4.78 is 46.3. The zero-order valence-corrected chi connectivity index (χ0v) is 23.9. The normalized spacial score (nSPS) is 17.8. The van der Waals surface area contributed by atoms with E-state index in [9.17, 15) is 22.8 Å². The van der Waals surface area contributed by atoms with Crippen LogP contribution in [0.4, 0.5) is 19.0 Å². The maximum atomic E-state index is 13.0. The first-order valence-electron chi connectivity index (χ1n) is 11.4. The van der Waals surface area contributed by atoms with Crippen molar-refractivity contribution in [3.8, 4) is 22.7 Å². The Bertz CT molecular complexity index is 1360. The van der Waals surface area contributed by atoms with Crippen LogP contribution in [0.5, 0.6) is 5.75 Å². The van der Waals surface area contributed by atoms with Crippen LogP contribution < -0.4 is 20.7 Å². The van der Waals surface area contributed by atoms with E-state index in [4.69, 9.17) is 4.74 Å². The van der Waals surface area contributed by atoms with E-state index in [-0.39, 0.29) is 28.9 Å². The van der Waals surface area contributed by atoms with Gasteiger partial charge in [0.1, 0.15) is 18.0 Å². The molecule has 202 valence electrons. The molecular formula is C23H26F3N6O3P3. The summed E-state index contributed by atoms with van der Waals surface area (Å²) in [6, 6.07) is 7.00. The van der Waals surface area contributed by atoms with Crippen molar-refractivity contribution < 1.29 is 27.5 Å². The molecule has 38 heavy (non-hydrogen) atoms. The van der Waals surface area contributed by atoms with Gasteiger partial charge in [0.05, 0.1) is 24.0 Å². The summed E-state index contributed by atoms with van der Waals surface area (Å²) in [4.78, 5) is 31.3. The van der Waals surface area contributed by atoms with Gasteiger partial charge in [0.15, 0.2) is 5.82 Å². The molecule has 0 spiro atoms. The number of ether oxygens (including phenoxy) is 1. The molecule has 0 aliphatic carbocycles. The van der Waals surface area contributed by atoms with Crippen LogP contribution in [0.25, 0.3) is 16.9 Å². The molecule has 2 N–H and O–H groups in total. The Balaban J connectivity index is 1.73. The number of anilines is 1. The predicted molar refractivity (Wildman–Crippen MR) is 147 cm³/mol. The molecule has 3 unspecified atom stereocenters. The van der Waals surface area contributed by atoms with Crippen LogP contribution >= 0.6 is 27.7 Å². The number of carbonyl (C=O) groups is 2. The minimum Gasteiger partial charge on any atom is -0.492 e. The van der Waals surface area contributed by atoms with Crippen molar-refractivity contribution in [3.63, 3.8) is 0 Å². The lowest BCUT2D eigenvalue weighted by Gasteiger charge is -2.19. The van der Waals surface area contributed by atoms with E-state index in [1.54, 1.807) is 19.1 Å². The monoisotopic (exact) mass is 584 g/mol. The van der Waals surface area contributed by atoms with Crippen LogP contribution in [0, 0.1) is 11.8 Å². The Morgan fingerprint density at radius 3 is 2.47 bits per heavy atom. The van der Waals surface area contributed by atoms with E-state index in [0.29, 0.717) is 23.6 Å². The van der Waals surface area contributed by atoms with Gasteiger partial charge in [0.2, 0.25) is 17.6 Å². The highest BCUT2D eigenvalue weighted by molar-refractivity contribution is 7.39. The second-order valence-electron chi connectivity index (χ2n) is 9.30. The maximum Gasteiger partial charge on any atom is 0.451 e. The quantitative estimate of drug-likeness (QED) is 0.414. The first kappa shape index (κ1) is 28.3. The molecule has 3 aromatic rings. The zero-order chi connectivity index (χ0) is 27.8. The molecule has 5 atom stereocenters. The summed E-state index contributed by atoms with van der Waals surface area (Å²) in [6.45, 7) is 4.22. The molecule has 2 aromatic heterocycles. The molecule has 1 aromatic carbocycles. The van der Waals surface area contributed by atoms with Gasteiger partial charge in [-0.3, -0.25) is 9.59 Å². The maximum absolute atomic E-state index is 13.0. The van der Waals surface area contributed by atoms with E-state index in [1.807, 2.05) is 19.1 Å². The minimum absolute atomic E-state index is 0.149. The Hall–Kier alpha value is -2.67. The molecule has 9 nitrogen and oxygen atoms in total. The number of aromatic nitrogens is 4. The van der Waals surface area contributed by atoms with Crippen LogP contribution in [0.3, 0.4) is 0 Å². The predicted octanol–water partition coefficient (Wildman–Crippen LogP) is 3.01. The number of nitrogens with one attached hydrogen (secondary N) is 2. The summed E-state index contributed by atoms with van der Waals surface area (Å²) in [5.74, 6) is -2.28. The highest BCUT2D eigenvalue weighted by atomic mass is 31.1. The van der Waals surface area contributed by atoms with Crippen molar-refractivity contribution in [2.24, 2.45) is 11.8 Å². The molecular weight excluding hydrogens is 558 g/mol. The number of hydrogen-bond donors (Lipinski definition) is 2. The number of hydrogen-bond acceptors (Lipinski definition) is 6. The summed E-state index contributed by atoms with van der Waals surface area (Å²) in [7, 11) is 7.93. The molecule has 15 heteroatoms. The van der Waals surface area contributed by atoms with Crippen molar-refractivity contribution in [2.45, 2.75) is 24.9 Å². The van der Waals surface area contributed by atoms with Gasteiger partial charge < -0.3 is 15.4 Å². The Kier molecular flexibility index (Phi) is 8.08. The number of carbonyl (C=O) groups excluding carboxylic acids is 2. The third-order valence-electron chi connectivity index (χ3n) is 5.72. The molecule has 1 aliphatic heterocycles. The molecule has 1 aliphatic rings. The number of nitrogens with zero attached hydrogens (tertiary/aromatic N) is 4. The molecule has 0 bridgehead atoms. The highest BCUT2D eigenvalue weighted by Crippen LogP contribution is 2.32. The lowest BCUT2D eigenvalue weighted by molar-refractivity contribution is -0.145. The lowest BCUT2D eigenvalue weighted by Crippen LogP contribution is -2.28. The molecule has 1 fully saturated rings. The van der Waals surface area contributed by atoms with Crippen molar-refractivity contribution in [2.75, 3.05) is 18.5 Å². The molecule has 0 saturated carbocycles. The SMILES string of the molecule is C[C@H]1C(=O)NC[C@@H]1C(=O)Nc1cc(-c2cc(P)cc(OCC(C)(P)P)c2)n(-c2cnc(C(F)(F)F)nc2)n1. The summed E-state index contributed by atoms with van der Waals surface area (Å²) >= 11 is 0. The third-order valence-corrected chi connectivity index (χ3v) is 6.39. The number of amides is 2. The van der Waals surface area contributed by atoms with Crippen LogP contribution in [-0.2, 0) is 15.8 Å². The van der Waals surface area contributed by atoms with Gasteiger partial charge in [-0.25, -0.2) is 14.6 Å². The van der Waals surface area contributed by atoms with Crippen LogP contribution in [0.15, 0.2) is 36.7 Å². The molecule has 2 amide bonds. The standard InChI is InChI=1S/C23H26F3N6O3P3/c1-11-16(9-27-19(11)33)20(34)30-18-6-17(12-3-14(5-15(36)4-12)35-10-22(2,37)38)32(31-18)13-7-28-21(29-8-13)23(24,25)26/h3-8,11,16H,9-10,36-38H2,1-2H3,(H,27,33)(H,30,31,34)/t11-,16+/m1/s1. The van der Waals surface area contributed by atoms with Gasteiger partial charge in [-0.2, -0.15) is 13.2 Å². The average Bonchev–Trinajstić information content (AvgIpc) is 3.39. The molecule has 0 radical (unpaired) electrons. The summed E-state index contributed by atoms with van der Waals surface area (Å²) in [5, 5.41) is 10.6. The number of halogens is 3. The highest BCUT2D eigenvalue weighted by Gasteiger charge is 2.37. The topological polar surface area (TPSA) is 111 Å². The number of alkyl halides is 3. The average molecular weight is 584 g/mol. The summed E-state index contributed by atoms with van der Waals surface area (Å²) in [5.41, 5.74) is 1.23. The summed E-state index contributed by atoms with van der Waals surface area (Å²) in [6.07, 6.45) is -2.68. The van der Waals surface area contributed by atoms with E-state index in [2.05, 4.69) is 53.4 Å². The van der Waals surface area contributed by atoms with Crippen molar-refractivity contribution in [3.05, 3.63) is 42.5 Å². The fourth-order valence-electron chi connectivity index (χ4n) is 3.78. The van der Waals surface area contributed by atoms with Gasteiger partial charge in [-0.15, -0.1) is 32.8 Å². The van der Waals surface area contributed by atoms with Gasteiger partial charge in [-0.05, 0) is 30.4 Å². The largest absolute Gasteiger partial charge is 0.492 e. The number of rotatable bonds is 7. The Morgan fingerprint density at radius 2 is 1.89 bits per heavy atom. The van der Waals surface area contributed by atoms with Gasteiger partial charge >= 0.3 is 6.18 Å². The van der Waals surface area contributed by atoms with E-state index in [0.717, 1.165) is 17.7 Å². The van der Waals surface area contributed by atoms with Crippen molar-refractivity contribution in [1.82, 2.24) is 25.1 Å². The zero-order valence-electron chi connectivity index (χ0n) is 20.4. The minimum atomic E-state index is -4.70. The van der Waals surface area contributed by atoms with E-state index in [1.165, 1.54) is 4.68 Å².